The maximum atomic E-state index is 14.1. The van der Waals surface area contributed by atoms with Crippen LogP contribution in [0.15, 0.2) is 53.7 Å². The van der Waals surface area contributed by atoms with Crippen LogP contribution < -0.4 is 20.9 Å². The van der Waals surface area contributed by atoms with Crippen molar-refractivity contribution in [3.05, 3.63) is 77.4 Å². The molecule has 1 atom stereocenters. The van der Waals surface area contributed by atoms with Gasteiger partial charge in [0.1, 0.15) is 5.69 Å². The fraction of sp³-hybridized carbons (Fsp3) is 0.259. The molecule has 0 bridgehead atoms. The summed E-state index contributed by atoms with van der Waals surface area (Å²) in [6.45, 7) is 0.602. The summed E-state index contributed by atoms with van der Waals surface area (Å²) in [6, 6.07) is 6.57. The molecule has 1 aromatic heterocycles. The van der Waals surface area contributed by atoms with Crippen LogP contribution in [0.25, 0.3) is 0 Å². The summed E-state index contributed by atoms with van der Waals surface area (Å²) < 4.78 is 92.7. The van der Waals surface area contributed by atoms with Gasteiger partial charge >= 0.3 is 6.18 Å². The fourth-order valence-electron chi connectivity index (χ4n) is 4.59. The molecule has 0 aliphatic carbocycles. The Labute approximate surface area is 240 Å². The monoisotopic (exact) mass is 607 g/mol. The smallest absolute Gasteiger partial charge is 0.405 e. The molecular weight excluding hydrogens is 584 g/mol. The molecule has 1 fully saturated rings. The number of aromatic nitrogens is 1. The summed E-state index contributed by atoms with van der Waals surface area (Å²) in [4.78, 5) is 23.8. The van der Waals surface area contributed by atoms with Crippen molar-refractivity contribution in [2.45, 2.75) is 12.2 Å². The van der Waals surface area contributed by atoms with Gasteiger partial charge in [-0.05, 0) is 18.2 Å². The van der Waals surface area contributed by atoms with Crippen molar-refractivity contribution in [3.8, 4) is 0 Å². The molecule has 16 heteroatoms. The number of amidine groups is 1. The quantitative estimate of drug-likeness (QED) is 0.176. The van der Waals surface area contributed by atoms with Gasteiger partial charge in [0.2, 0.25) is 5.90 Å². The van der Waals surface area contributed by atoms with Crippen LogP contribution in [0.3, 0.4) is 0 Å². The van der Waals surface area contributed by atoms with Gasteiger partial charge in [0.15, 0.2) is 23.5 Å². The third kappa shape index (κ3) is 6.33. The number of ether oxygens (including phenoxy) is 2. The molecule has 0 radical (unpaired) electrons. The molecule has 2 aliphatic heterocycles. The molecule has 5 rings (SSSR count). The number of carbonyl (C=O) groups is 1. The SMILES string of the molecule is N=C(OC(N)=NC1CN(c2cc(F)c(F)c(F)c2)c2ccccc2NC1=O)c1ncc(C(F)(F)F)cc1N1CCOCC1. The summed E-state index contributed by atoms with van der Waals surface area (Å²) in [7, 11) is 0. The van der Waals surface area contributed by atoms with Gasteiger partial charge in [-0.1, -0.05) is 12.1 Å². The number of pyridine rings is 1. The minimum atomic E-state index is -4.69. The number of benzene rings is 2. The zero-order chi connectivity index (χ0) is 30.9. The average molecular weight is 608 g/mol. The number of nitrogens with zero attached hydrogens (tertiary/aromatic N) is 4. The van der Waals surface area contributed by atoms with Crippen LogP contribution in [0.2, 0.25) is 0 Å². The van der Waals surface area contributed by atoms with Crippen molar-refractivity contribution in [2.24, 2.45) is 10.7 Å². The summed E-state index contributed by atoms with van der Waals surface area (Å²) >= 11 is 0. The number of nitrogens with two attached hydrogens (primary N) is 1. The largest absolute Gasteiger partial charge is 0.417 e. The van der Waals surface area contributed by atoms with Gasteiger partial charge in [-0.15, -0.1) is 0 Å². The first-order valence-electron chi connectivity index (χ1n) is 12.7. The van der Waals surface area contributed by atoms with E-state index in [2.05, 4.69) is 15.3 Å². The Morgan fingerprint density at radius 2 is 1.77 bits per heavy atom. The van der Waals surface area contributed by atoms with Gasteiger partial charge < -0.3 is 30.3 Å². The van der Waals surface area contributed by atoms with E-state index in [9.17, 15) is 31.1 Å². The lowest BCUT2D eigenvalue weighted by molar-refractivity contribution is -0.137. The van der Waals surface area contributed by atoms with E-state index in [1.807, 2.05) is 0 Å². The van der Waals surface area contributed by atoms with E-state index in [0.717, 1.165) is 18.2 Å². The van der Waals surface area contributed by atoms with E-state index in [4.69, 9.17) is 20.6 Å². The predicted molar refractivity (Wildman–Crippen MR) is 144 cm³/mol. The number of alkyl halides is 3. The molecule has 2 aromatic carbocycles. The third-order valence-electron chi connectivity index (χ3n) is 6.64. The highest BCUT2D eigenvalue weighted by atomic mass is 19.4. The number of carbonyl (C=O) groups excluding carboxylic acids is 1. The molecule has 10 nitrogen and oxygen atoms in total. The Morgan fingerprint density at radius 1 is 1.09 bits per heavy atom. The Hall–Kier alpha value is -4.86. The first kappa shape index (κ1) is 29.6. The van der Waals surface area contributed by atoms with Crippen LogP contribution in [0.1, 0.15) is 11.3 Å². The molecular formula is C27H23F6N7O3. The van der Waals surface area contributed by atoms with Gasteiger partial charge in [-0.2, -0.15) is 13.2 Å². The zero-order valence-corrected chi connectivity index (χ0v) is 22.1. The highest BCUT2D eigenvalue weighted by molar-refractivity contribution is 6.04. The van der Waals surface area contributed by atoms with Gasteiger partial charge in [-0.3, -0.25) is 10.2 Å². The maximum Gasteiger partial charge on any atom is 0.417 e. The van der Waals surface area contributed by atoms with Crippen molar-refractivity contribution < 1.29 is 40.6 Å². The van der Waals surface area contributed by atoms with Gasteiger partial charge in [0.25, 0.3) is 11.9 Å². The van der Waals surface area contributed by atoms with Gasteiger partial charge in [0, 0.05) is 37.1 Å². The number of morpholine rings is 1. The van der Waals surface area contributed by atoms with Crippen molar-refractivity contribution in [1.82, 2.24) is 4.98 Å². The van der Waals surface area contributed by atoms with Gasteiger partial charge in [0.05, 0.1) is 42.4 Å². The van der Waals surface area contributed by atoms with E-state index >= 15 is 0 Å². The Kier molecular flexibility index (Phi) is 8.12. The van der Waals surface area contributed by atoms with Crippen molar-refractivity contribution in [3.63, 3.8) is 0 Å². The minimum absolute atomic E-state index is 0.0369. The number of rotatable bonds is 4. The number of aliphatic imine (C=N–C) groups is 1. The predicted octanol–water partition coefficient (Wildman–Crippen LogP) is 4.17. The Bertz CT molecular complexity index is 1570. The highest BCUT2D eigenvalue weighted by Gasteiger charge is 2.34. The van der Waals surface area contributed by atoms with E-state index in [1.54, 1.807) is 23.1 Å². The number of halogens is 6. The standard InChI is InChI=1S/C27H23F6N7O3/c28-16-10-15(11-17(29)22(16)30)40-13-19(25(41)37-18-3-1-2-4-20(18)40)38-26(35)43-24(34)23-21(39-5-7-42-8-6-39)9-14(12-36-23)27(31,32)33/h1-4,9-12,19,34H,5-8,13H2,(H2,35,38)(H,37,41). The number of amides is 1. The number of anilines is 4. The highest BCUT2D eigenvalue weighted by Crippen LogP contribution is 2.36. The van der Waals surface area contributed by atoms with Gasteiger partial charge in [-0.25, -0.2) is 23.1 Å². The normalized spacial score (nSPS) is 17.7. The molecule has 43 heavy (non-hydrogen) atoms. The van der Waals surface area contributed by atoms with Crippen LogP contribution in [-0.2, 0) is 20.4 Å². The lowest BCUT2D eigenvalue weighted by atomic mass is 10.1. The lowest BCUT2D eigenvalue weighted by Gasteiger charge is -2.30. The molecule has 0 spiro atoms. The lowest BCUT2D eigenvalue weighted by Crippen LogP contribution is -2.38. The number of nitrogens with one attached hydrogen (secondary N) is 2. The van der Waals surface area contributed by atoms with Crippen LogP contribution in [-0.4, -0.2) is 61.7 Å². The first-order chi connectivity index (χ1) is 20.4. The maximum absolute atomic E-state index is 14.1. The summed E-state index contributed by atoms with van der Waals surface area (Å²) in [5.74, 6) is -6.01. The number of para-hydroxylation sites is 2. The molecule has 2 aliphatic rings. The average Bonchev–Trinajstić information content (AvgIpc) is 3.11. The van der Waals surface area contributed by atoms with E-state index in [0.29, 0.717) is 11.9 Å². The van der Waals surface area contributed by atoms with E-state index in [-0.39, 0.29) is 55.6 Å². The first-order valence-corrected chi connectivity index (χ1v) is 12.7. The fourth-order valence-corrected chi connectivity index (χ4v) is 4.59. The van der Waals surface area contributed by atoms with Crippen LogP contribution >= 0.6 is 0 Å². The Morgan fingerprint density at radius 3 is 2.44 bits per heavy atom. The molecule has 3 heterocycles. The van der Waals surface area contributed by atoms with E-state index < -0.39 is 53.1 Å². The summed E-state index contributed by atoms with van der Waals surface area (Å²) in [5, 5.41) is 11.0. The summed E-state index contributed by atoms with van der Waals surface area (Å²) in [5.41, 5.74) is 5.03. The minimum Gasteiger partial charge on any atom is -0.405 e. The van der Waals surface area contributed by atoms with E-state index in [1.165, 1.54) is 11.0 Å². The van der Waals surface area contributed by atoms with Crippen molar-refractivity contribution >= 4 is 40.6 Å². The molecule has 4 N–H and O–H groups in total. The van der Waals surface area contributed by atoms with Crippen molar-refractivity contribution in [2.75, 3.05) is 48.0 Å². The number of hydrogen-bond donors (Lipinski definition) is 3. The number of hydrogen-bond acceptors (Lipinski definition) is 8. The van der Waals surface area contributed by atoms with Crippen LogP contribution in [0.4, 0.5) is 49.1 Å². The molecule has 1 saturated heterocycles. The van der Waals surface area contributed by atoms with Crippen LogP contribution in [0, 0.1) is 22.9 Å². The number of fused-ring (bicyclic) bond motifs is 1. The topological polar surface area (TPSA) is 129 Å². The molecule has 0 saturated carbocycles. The molecule has 1 unspecified atom stereocenters. The second-order valence-electron chi connectivity index (χ2n) is 9.44. The molecule has 1 amide bonds. The molecule has 226 valence electrons. The zero-order valence-electron chi connectivity index (χ0n) is 22.1. The third-order valence-corrected chi connectivity index (χ3v) is 6.64. The second-order valence-corrected chi connectivity index (χ2v) is 9.44. The van der Waals surface area contributed by atoms with Crippen molar-refractivity contribution in [1.29, 1.82) is 5.41 Å². The second kappa shape index (κ2) is 11.8. The summed E-state index contributed by atoms with van der Waals surface area (Å²) in [6.07, 6.45) is -4.14. The molecule has 3 aromatic rings. The van der Waals surface area contributed by atoms with Crippen LogP contribution in [0.5, 0.6) is 0 Å². The Balaban J connectivity index is 1.44.